The Kier molecular flexibility index (Phi) is 4.53. The molecule has 4 rings (SSSR count). The lowest BCUT2D eigenvalue weighted by Gasteiger charge is -2.30. The molecule has 26 heavy (non-hydrogen) atoms. The van der Waals surface area contributed by atoms with Gasteiger partial charge in [-0.25, -0.2) is 4.99 Å². The number of hydrogen-bond acceptors (Lipinski definition) is 5. The van der Waals surface area contributed by atoms with E-state index in [1.807, 2.05) is 58.8 Å². The molecule has 2 aliphatic heterocycles. The van der Waals surface area contributed by atoms with Crippen LogP contribution in [-0.2, 0) is 0 Å². The Morgan fingerprint density at radius 1 is 1.15 bits per heavy atom. The summed E-state index contributed by atoms with van der Waals surface area (Å²) in [4.78, 5) is 6.63. The van der Waals surface area contributed by atoms with Gasteiger partial charge in [0.05, 0.1) is 11.3 Å². The first kappa shape index (κ1) is 17.2. The molecule has 2 aromatic rings. The summed E-state index contributed by atoms with van der Waals surface area (Å²) in [6, 6.07) is 17.1. The Morgan fingerprint density at radius 3 is 2.50 bits per heavy atom. The zero-order valence-electron chi connectivity index (χ0n) is 13.4. The third-order valence-corrected chi connectivity index (χ3v) is 5.80. The van der Waals surface area contributed by atoms with E-state index in [2.05, 4.69) is 22.0 Å². The van der Waals surface area contributed by atoms with Gasteiger partial charge in [-0.05, 0) is 35.4 Å². The fraction of sp³-hybridized carbons (Fsp3) is 0.0526. The summed E-state index contributed by atoms with van der Waals surface area (Å²) in [6.45, 7) is 0. The monoisotopic (exact) mass is 442 g/mol. The highest BCUT2D eigenvalue weighted by Crippen LogP contribution is 2.43. The fourth-order valence-corrected chi connectivity index (χ4v) is 4.21. The Labute approximate surface area is 168 Å². The second kappa shape index (κ2) is 6.84. The molecule has 2 aromatic carbocycles. The molecule has 0 spiro atoms. The van der Waals surface area contributed by atoms with E-state index in [4.69, 9.17) is 22.3 Å². The molecule has 7 heteroatoms. The first-order chi connectivity index (χ1) is 12.6. The molecule has 0 amide bonds. The first-order valence-electron chi connectivity index (χ1n) is 7.74. The molecule has 0 saturated carbocycles. The zero-order valence-corrected chi connectivity index (χ0v) is 16.5. The number of benzene rings is 2. The van der Waals surface area contributed by atoms with Crippen molar-refractivity contribution >= 4 is 50.2 Å². The Balaban J connectivity index is 1.76. The largest absolute Gasteiger partial charge is 0.384 e. The van der Waals surface area contributed by atoms with E-state index < -0.39 is 6.04 Å². The third kappa shape index (κ3) is 2.92. The van der Waals surface area contributed by atoms with Crippen LogP contribution in [0, 0.1) is 11.3 Å². The van der Waals surface area contributed by atoms with Gasteiger partial charge in [-0.1, -0.05) is 63.6 Å². The highest BCUT2D eigenvalue weighted by molar-refractivity contribution is 9.10. The van der Waals surface area contributed by atoms with Gasteiger partial charge in [0.25, 0.3) is 0 Å². The predicted octanol–water partition coefficient (Wildman–Crippen LogP) is 5.25. The summed E-state index contributed by atoms with van der Waals surface area (Å²) < 4.78 is 0.976. The predicted molar refractivity (Wildman–Crippen MR) is 110 cm³/mol. The molecule has 0 radical (unpaired) electrons. The van der Waals surface area contributed by atoms with Crippen molar-refractivity contribution in [2.24, 2.45) is 10.7 Å². The van der Waals surface area contributed by atoms with Crippen LogP contribution in [0.15, 0.2) is 74.8 Å². The maximum absolute atomic E-state index is 9.72. The van der Waals surface area contributed by atoms with E-state index in [1.165, 1.54) is 11.8 Å². The van der Waals surface area contributed by atoms with Crippen LogP contribution < -0.4 is 5.73 Å². The number of nitrogens with two attached hydrogens (primary N) is 1. The summed E-state index contributed by atoms with van der Waals surface area (Å²) in [5.41, 5.74) is 9.64. The maximum Gasteiger partial charge on any atom is 0.174 e. The van der Waals surface area contributed by atoms with E-state index in [0.717, 1.165) is 26.5 Å². The number of fused-ring (bicyclic) bond motifs is 1. The minimum atomic E-state index is -0.398. The van der Waals surface area contributed by atoms with Crippen molar-refractivity contribution in [1.82, 2.24) is 4.90 Å². The molecule has 1 unspecified atom stereocenters. The van der Waals surface area contributed by atoms with Gasteiger partial charge in [0.2, 0.25) is 0 Å². The summed E-state index contributed by atoms with van der Waals surface area (Å²) >= 11 is 10.9. The standard InChI is InChI=1S/C19H12BrClN4S/c20-13-5-1-12(2-6-13)17-15(9-22)18(23)25-16(10-26-19(25)24-17)11-3-7-14(21)8-4-11/h1-8,10,17H,23H2. The van der Waals surface area contributed by atoms with Gasteiger partial charge in [-0.15, -0.1) is 0 Å². The number of halogens is 2. The molecule has 0 aromatic heterocycles. The lowest BCUT2D eigenvalue weighted by molar-refractivity contribution is 0.651. The Bertz CT molecular complexity index is 1000. The molecule has 0 bridgehead atoms. The third-order valence-electron chi connectivity index (χ3n) is 4.18. The number of nitriles is 1. The summed E-state index contributed by atoms with van der Waals surface area (Å²) in [5, 5.41) is 13.2. The smallest absolute Gasteiger partial charge is 0.174 e. The van der Waals surface area contributed by atoms with E-state index in [9.17, 15) is 5.26 Å². The Hall–Kier alpha value is -2.20. The molecular weight excluding hydrogens is 432 g/mol. The minimum Gasteiger partial charge on any atom is -0.384 e. The van der Waals surface area contributed by atoms with E-state index >= 15 is 0 Å². The number of aliphatic imine (C=N–C) groups is 1. The summed E-state index contributed by atoms with van der Waals surface area (Å²) in [7, 11) is 0. The fourth-order valence-electron chi connectivity index (χ4n) is 2.90. The molecule has 4 nitrogen and oxygen atoms in total. The van der Waals surface area contributed by atoms with E-state index in [-0.39, 0.29) is 0 Å². The minimum absolute atomic E-state index is 0.398. The van der Waals surface area contributed by atoms with Gasteiger partial charge < -0.3 is 5.73 Å². The molecule has 2 aliphatic rings. The lowest BCUT2D eigenvalue weighted by atomic mass is 9.98. The average molecular weight is 444 g/mol. The molecule has 0 fully saturated rings. The number of rotatable bonds is 2. The van der Waals surface area contributed by atoms with Crippen LogP contribution in [0.5, 0.6) is 0 Å². The van der Waals surface area contributed by atoms with E-state index in [0.29, 0.717) is 16.4 Å². The molecule has 1 atom stereocenters. The van der Waals surface area contributed by atoms with Crippen LogP contribution in [0.2, 0.25) is 5.02 Å². The quantitative estimate of drug-likeness (QED) is 0.688. The van der Waals surface area contributed by atoms with E-state index in [1.54, 1.807) is 0 Å². The highest BCUT2D eigenvalue weighted by Gasteiger charge is 2.35. The Morgan fingerprint density at radius 2 is 1.85 bits per heavy atom. The number of hydrogen-bond donors (Lipinski definition) is 1. The summed E-state index contributed by atoms with van der Waals surface area (Å²) in [6.07, 6.45) is 0. The lowest BCUT2D eigenvalue weighted by Crippen LogP contribution is -2.33. The van der Waals surface area contributed by atoms with Crippen LogP contribution in [0.1, 0.15) is 17.2 Å². The van der Waals surface area contributed by atoms with Crippen LogP contribution in [0.4, 0.5) is 0 Å². The van der Waals surface area contributed by atoms with Gasteiger partial charge in [0.15, 0.2) is 5.17 Å². The molecule has 2 heterocycles. The second-order valence-electron chi connectivity index (χ2n) is 5.74. The zero-order chi connectivity index (χ0) is 18.3. The topological polar surface area (TPSA) is 65.4 Å². The van der Waals surface area contributed by atoms with Gasteiger partial charge in [-0.2, -0.15) is 5.26 Å². The van der Waals surface area contributed by atoms with Crippen molar-refractivity contribution in [3.8, 4) is 6.07 Å². The van der Waals surface area contributed by atoms with Crippen LogP contribution >= 0.6 is 39.3 Å². The normalized spacial score (nSPS) is 19.0. The van der Waals surface area contributed by atoms with Crippen molar-refractivity contribution in [2.45, 2.75) is 6.04 Å². The molecular formula is C19H12BrClN4S. The van der Waals surface area contributed by atoms with Gasteiger partial charge in [0.1, 0.15) is 17.9 Å². The summed E-state index contributed by atoms with van der Waals surface area (Å²) in [5.74, 6) is 0.414. The van der Waals surface area contributed by atoms with Crippen molar-refractivity contribution in [2.75, 3.05) is 0 Å². The average Bonchev–Trinajstić information content (AvgIpc) is 3.07. The van der Waals surface area contributed by atoms with Crippen molar-refractivity contribution in [3.63, 3.8) is 0 Å². The van der Waals surface area contributed by atoms with Crippen LogP contribution in [-0.4, -0.2) is 10.1 Å². The van der Waals surface area contributed by atoms with Gasteiger partial charge in [0, 0.05) is 14.9 Å². The van der Waals surface area contributed by atoms with Gasteiger partial charge >= 0.3 is 0 Å². The van der Waals surface area contributed by atoms with Crippen molar-refractivity contribution in [3.05, 3.63) is 86.0 Å². The van der Waals surface area contributed by atoms with Crippen molar-refractivity contribution < 1.29 is 0 Å². The number of amidine groups is 1. The van der Waals surface area contributed by atoms with Crippen LogP contribution in [0.3, 0.4) is 0 Å². The first-order valence-corrected chi connectivity index (χ1v) is 9.79. The van der Waals surface area contributed by atoms with Crippen LogP contribution in [0.25, 0.3) is 5.70 Å². The molecule has 0 aliphatic carbocycles. The molecule has 128 valence electrons. The molecule has 0 saturated heterocycles. The number of thioether (sulfide) groups is 1. The second-order valence-corrected chi connectivity index (χ2v) is 7.93. The van der Waals surface area contributed by atoms with Gasteiger partial charge in [-0.3, -0.25) is 4.90 Å². The molecule has 2 N–H and O–H groups in total. The highest BCUT2D eigenvalue weighted by atomic mass is 79.9. The van der Waals surface area contributed by atoms with Crippen molar-refractivity contribution in [1.29, 1.82) is 5.26 Å². The SMILES string of the molecule is N#CC1=C(N)N2C(c3ccc(Cl)cc3)=CSC2=NC1c1ccc(Br)cc1. The maximum atomic E-state index is 9.72. The number of nitrogens with zero attached hydrogens (tertiary/aromatic N) is 3.